The van der Waals surface area contributed by atoms with Gasteiger partial charge in [0.25, 0.3) is 0 Å². The van der Waals surface area contributed by atoms with Crippen molar-refractivity contribution in [2.24, 2.45) is 5.73 Å². The van der Waals surface area contributed by atoms with Crippen LogP contribution in [-0.4, -0.2) is 25.8 Å². The molecule has 1 aliphatic rings. The average Bonchev–Trinajstić information content (AvgIpc) is 2.73. The Morgan fingerprint density at radius 3 is 3.19 bits per heavy atom. The molecule has 0 radical (unpaired) electrons. The second kappa shape index (κ2) is 3.68. The summed E-state index contributed by atoms with van der Waals surface area (Å²) in [7, 11) is 0. The molecule has 2 aromatic rings. The number of nitrogens with two attached hydrogens (primary N) is 1. The van der Waals surface area contributed by atoms with Crippen LogP contribution < -0.4 is 5.73 Å². The first kappa shape index (κ1) is 9.47. The molecule has 5 nitrogen and oxygen atoms in total. The third kappa shape index (κ3) is 1.59. The lowest BCUT2D eigenvalue weighted by Gasteiger charge is -2.17. The summed E-state index contributed by atoms with van der Waals surface area (Å²) in [5, 5.41) is 4.46. The highest BCUT2D eigenvalue weighted by Crippen LogP contribution is 2.18. The molecule has 3 rings (SSSR count). The van der Waals surface area contributed by atoms with E-state index in [2.05, 4.69) is 15.1 Å². The van der Waals surface area contributed by atoms with Gasteiger partial charge in [0.2, 0.25) is 0 Å². The zero-order chi connectivity index (χ0) is 11.0. The average molecular weight is 215 g/mol. The van der Waals surface area contributed by atoms with Crippen LogP contribution in [0.1, 0.15) is 12.2 Å². The van der Waals surface area contributed by atoms with E-state index in [9.17, 15) is 0 Å². The van der Waals surface area contributed by atoms with Crippen LogP contribution >= 0.6 is 0 Å². The zero-order valence-corrected chi connectivity index (χ0v) is 8.87. The van der Waals surface area contributed by atoms with E-state index in [0.29, 0.717) is 0 Å². The summed E-state index contributed by atoms with van der Waals surface area (Å²) in [6.07, 6.45) is 5.43. The van der Waals surface area contributed by atoms with Gasteiger partial charge in [-0.2, -0.15) is 5.10 Å². The van der Waals surface area contributed by atoms with Gasteiger partial charge in [0, 0.05) is 30.4 Å². The Labute approximate surface area is 93.3 Å². The van der Waals surface area contributed by atoms with Gasteiger partial charge in [-0.15, -0.1) is 0 Å². The molecule has 0 saturated carbocycles. The lowest BCUT2D eigenvalue weighted by atomic mass is 10.1. The molecule has 5 heteroatoms. The molecule has 82 valence electrons. The summed E-state index contributed by atoms with van der Waals surface area (Å²) < 4.78 is 1.91. The van der Waals surface area contributed by atoms with Gasteiger partial charge in [0.15, 0.2) is 5.82 Å². The molecule has 0 saturated heterocycles. The lowest BCUT2D eigenvalue weighted by molar-refractivity contribution is 0.422. The first-order valence-electron chi connectivity index (χ1n) is 5.42. The standard InChI is InChI=1S/C11H13N5/c12-9-3-4-10-14-11(15-16(10)7-9)8-2-1-5-13-6-8/h1-2,5-6,9H,3-4,7,12H2. The van der Waals surface area contributed by atoms with E-state index in [1.165, 1.54) is 0 Å². The Kier molecular flexibility index (Phi) is 2.18. The van der Waals surface area contributed by atoms with Crippen LogP contribution in [0.15, 0.2) is 24.5 Å². The van der Waals surface area contributed by atoms with Gasteiger partial charge in [-0.05, 0) is 18.6 Å². The predicted molar refractivity (Wildman–Crippen MR) is 59.5 cm³/mol. The van der Waals surface area contributed by atoms with Gasteiger partial charge in [-0.3, -0.25) is 4.98 Å². The fourth-order valence-corrected chi connectivity index (χ4v) is 1.95. The number of hydrogen-bond donors (Lipinski definition) is 1. The van der Waals surface area contributed by atoms with E-state index in [0.717, 1.165) is 36.6 Å². The molecule has 2 N–H and O–H groups in total. The molecular formula is C11H13N5. The fraction of sp³-hybridized carbons (Fsp3) is 0.364. The van der Waals surface area contributed by atoms with Gasteiger partial charge < -0.3 is 5.73 Å². The number of pyridine rings is 1. The van der Waals surface area contributed by atoms with Crippen molar-refractivity contribution in [1.29, 1.82) is 0 Å². The van der Waals surface area contributed by atoms with Crippen molar-refractivity contribution in [1.82, 2.24) is 19.7 Å². The van der Waals surface area contributed by atoms with Crippen molar-refractivity contribution in [3.05, 3.63) is 30.4 Å². The van der Waals surface area contributed by atoms with E-state index in [1.807, 2.05) is 16.8 Å². The molecule has 16 heavy (non-hydrogen) atoms. The quantitative estimate of drug-likeness (QED) is 0.756. The van der Waals surface area contributed by atoms with Crippen LogP contribution in [0.3, 0.4) is 0 Å². The van der Waals surface area contributed by atoms with Crippen LogP contribution in [0.5, 0.6) is 0 Å². The molecule has 2 aromatic heterocycles. The number of nitrogens with zero attached hydrogens (tertiary/aromatic N) is 4. The smallest absolute Gasteiger partial charge is 0.182 e. The molecule has 1 unspecified atom stereocenters. The van der Waals surface area contributed by atoms with E-state index < -0.39 is 0 Å². The number of rotatable bonds is 1. The van der Waals surface area contributed by atoms with Crippen LogP contribution in [-0.2, 0) is 13.0 Å². The normalized spacial score (nSPS) is 19.4. The van der Waals surface area contributed by atoms with Gasteiger partial charge >= 0.3 is 0 Å². The van der Waals surface area contributed by atoms with Crippen LogP contribution in [0.2, 0.25) is 0 Å². The molecular weight excluding hydrogens is 202 g/mol. The predicted octanol–water partition coefficient (Wildman–Crippen LogP) is 0.614. The highest BCUT2D eigenvalue weighted by atomic mass is 15.4. The highest BCUT2D eigenvalue weighted by Gasteiger charge is 2.19. The maximum atomic E-state index is 5.90. The summed E-state index contributed by atoms with van der Waals surface area (Å²) in [5.74, 6) is 1.78. The van der Waals surface area contributed by atoms with Crippen molar-refractivity contribution in [3.8, 4) is 11.4 Å². The third-order valence-corrected chi connectivity index (χ3v) is 2.81. The molecule has 0 spiro atoms. The first-order valence-corrected chi connectivity index (χ1v) is 5.42. The Balaban J connectivity index is 1.99. The first-order chi connectivity index (χ1) is 7.83. The van der Waals surface area contributed by atoms with E-state index in [1.54, 1.807) is 12.4 Å². The molecule has 0 fully saturated rings. The van der Waals surface area contributed by atoms with Crippen molar-refractivity contribution in [2.75, 3.05) is 0 Å². The second-order valence-corrected chi connectivity index (χ2v) is 4.07. The van der Waals surface area contributed by atoms with Crippen LogP contribution in [0, 0.1) is 0 Å². The van der Waals surface area contributed by atoms with Gasteiger partial charge in [-0.1, -0.05) is 0 Å². The molecule has 0 aliphatic carbocycles. The molecule has 0 amide bonds. The van der Waals surface area contributed by atoms with Crippen LogP contribution in [0.25, 0.3) is 11.4 Å². The lowest BCUT2D eigenvalue weighted by Crippen LogP contribution is -2.32. The maximum absolute atomic E-state index is 5.90. The van der Waals surface area contributed by atoms with Gasteiger partial charge in [0.1, 0.15) is 5.82 Å². The summed E-state index contributed by atoms with van der Waals surface area (Å²) in [4.78, 5) is 8.58. The second-order valence-electron chi connectivity index (χ2n) is 4.07. The Morgan fingerprint density at radius 1 is 1.44 bits per heavy atom. The Bertz CT molecular complexity index is 490. The molecule has 0 bridgehead atoms. The Hall–Kier alpha value is -1.75. The summed E-state index contributed by atoms with van der Waals surface area (Å²) in [5.41, 5.74) is 6.85. The largest absolute Gasteiger partial charge is 0.326 e. The Morgan fingerprint density at radius 2 is 2.38 bits per heavy atom. The molecule has 1 aliphatic heterocycles. The topological polar surface area (TPSA) is 69.6 Å². The zero-order valence-electron chi connectivity index (χ0n) is 8.87. The number of fused-ring (bicyclic) bond motifs is 1. The van der Waals surface area contributed by atoms with E-state index in [4.69, 9.17) is 5.73 Å². The molecule has 3 heterocycles. The van der Waals surface area contributed by atoms with Gasteiger partial charge in [-0.25, -0.2) is 9.67 Å². The molecule has 1 atom stereocenters. The van der Waals surface area contributed by atoms with Crippen molar-refractivity contribution in [2.45, 2.75) is 25.4 Å². The van der Waals surface area contributed by atoms with Crippen LogP contribution in [0.4, 0.5) is 0 Å². The fourth-order valence-electron chi connectivity index (χ4n) is 1.95. The minimum Gasteiger partial charge on any atom is -0.326 e. The monoisotopic (exact) mass is 215 g/mol. The third-order valence-electron chi connectivity index (χ3n) is 2.81. The minimum atomic E-state index is 0.205. The van der Waals surface area contributed by atoms with E-state index >= 15 is 0 Å². The summed E-state index contributed by atoms with van der Waals surface area (Å²) >= 11 is 0. The van der Waals surface area contributed by atoms with E-state index in [-0.39, 0.29) is 6.04 Å². The maximum Gasteiger partial charge on any atom is 0.182 e. The SMILES string of the molecule is NC1CCc2nc(-c3cccnc3)nn2C1. The highest BCUT2D eigenvalue weighted by molar-refractivity contribution is 5.52. The van der Waals surface area contributed by atoms with Crippen molar-refractivity contribution in [3.63, 3.8) is 0 Å². The van der Waals surface area contributed by atoms with Crippen molar-refractivity contribution >= 4 is 0 Å². The summed E-state index contributed by atoms with van der Waals surface area (Å²) in [6.45, 7) is 0.766. The summed E-state index contributed by atoms with van der Waals surface area (Å²) in [6, 6.07) is 4.06. The number of hydrogen-bond acceptors (Lipinski definition) is 4. The van der Waals surface area contributed by atoms with Gasteiger partial charge in [0.05, 0.1) is 6.54 Å². The number of aryl methyl sites for hydroxylation is 1. The number of aromatic nitrogens is 4. The van der Waals surface area contributed by atoms with Crippen molar-refractivity contribution < 1.29 is 0 Å². The molecule has 0 aromatic carbocycles. The minimum absolute atomic E-state index is 0.205.